The molecule has 1 aliphatic heterocycles. The van der Waals surface area contributed by atoms with Crippen molar-refractivity contribution in [3.63, 3.8) is 0 Å². The summed E-state index contributed by atoms with van der Waals surface area (Å²) in [5.41, 5.74) is 2.86. The first-order chi connectivity index (χ1) is 10.2. The van der Waals surface area contributed by atoms with Gasteiger partial charge in [-0.3, -0.25) is 4.90 Å². The minimum Gasteiger partial charge on any atom is -0.383 e. The highest BCUT2D eigenvalue weighted by atomic mass is 16.5. The van der Waals surface area contributed by atoms with Gasteiger partial charge in [0.15, 0.2) is 0 Å². The molecular formula is C18H30N2O. The predicted octanol–water partition coefficient (Wildman–Crippen LogP) is 3.01. The molecule has 1 saturated heterocycles. The summed E-state index contributed by atoms with van der Waals surface area (Å²) >= 11 is 0. The molecule has 3 nitrogen and oxygen atoms in total. The first-order valence-corrected chi connectivity index (χ1v) is 8.23. The van der Waals surface area contributed by atoms with Crippen LogP contribution in [0.4, 0.5) is 0 Å². The summed E-state index contributed by atoms with van der Waals surface area (Å²) in [5, 5.41) is 3.50. The lowest BCUT2D eigenvalue weighted by Gasteiger charge is -2.25. The van der Waals surface area contributed by atoms with E-state index in [4.69, 9.17) is 4.74 Å². The first-order valence-electron chi connectivity index (χ1n) is 8.23. The van der Waals surface area contributed by atoms with E-state index < -0.39 is 0 Å². The second-order valence-electron chi connectivity index (χ2n) is 6.36. The van der Waals surface area contributed by atoms with Crippen LogP contribution in [0.3, 0.4) is 0 Å². The molecular weight excluding hydrogens is 260 g/mol. The van der Waals surface area contributed by atoms with Crippen LogP contribution >= 0.6 is 0 Å². The van der Waals surface area contributed by atoms with Crippen molar-refractivity contribution < 1.29 is 4.74 Å². The van der Waals surface area contributed by atoms with Crippen molar-refractivity contribution in [1.82, 2.24) is 10.2 Å². The van der Waals surface area contributed by atoms with Crippen LogP contribution in [-0.2, 0) is 11.3 Å². The summed E-state index contributed by atoms with van der Waals surface area (Å²) in [6.45, 7) is 9.62. The van der Waals surface area contributed by atoms with Gasteiger partial charge in [-0.25, -0.2) is 0 Å². The van der Waals surface area contributed by atoms with Gasteiger partial charge in [-0.05, 0) is 36.4 Å². The van der Waals surface area contributed by atoms with E-state index in [0.717, 1.165) is 26.2 Å². The standard InChI is InChI=1S/C18H30N2O/c1-15(2)17-8-6-16(7-9-17)14-20-11-4-5-18(20)13-19-10-12-21-3/h6-9,15,18-19H,4-5,10-14H2,1-3H3. The second-order valence-corrected chi connectivity index (χ2v) is 6.36. The number of rotatable bonds is 8. The van der Waals surface area contributed by atoms with Crippen LogP contribution in [0.1, 0.15) is 43.7 Å². The normalized spacial score (nSPS) is 19.5. The van der Waals surface area contributed by atoms with Gasteiger partial charge in [0.25, 0.3) is 0 Å². The largest absolute Gasteiger partial charge is 0.383 e. The third-order valence-corrected chi connectivity index (χ3v) is 4.39. The van der Waals surface area contributed by atoms with E-state index in [0.29, 0.717) is 12.0 Å². The van der Waals surface area contributed by atoms with E-state index in [-0.39, 0.29) is 0 Å². The summed E-state index contributed by atoms with van der Waals surface area (Å²) in [4.78, 5) is 2.62. The fourth-order valence-corrected chi connectivity index (χ4v) is 3.02. The Bertz CT molecular complexity index is 402. The van der Waals surface area contributed by atoms with Crippen LogP contribution in [-0.4, -0.2) is 44.3 Å². The minimum absolute atomic E-state index is 0.614. The predicted molar refractivity (Wildman–Crippen MR) is 88.7 cm³/mol. The number of hydrogen-bond donors (Lipinski definition) is 1. The monoisotopic (exact) mass is 290 g/mol. The molecule has 118 valence electrons. The summed E-state index contributed by atoms with van der Waals surface area (Å²) < 4.78 is 5.08. The smallest absolute Gasteiger partial charge is 0.0587 e. The summed E-state index contributed by atoms with van der Waals surface area (Å²) in [6, 6.07) is 9.82. The highest BCUT2D eigenvalue weighted by molar-refractivity contribution is 5.24. The van der Waals surface area contributed by atoms with E-state index in [1.54, 1.807) is 7.11 Å². The molecule has 0 amide bonds. The molecule has 1 atom stereocenters. The molecule has 0 aliphatic carbocycles. The van der Waals surface area contributed by atoms with Crippen molar-refractivity contribution in [2.24, 2.45) is 0 Å². The van der Waals surface area contributed by atoms with Gasteiger partial charge in [0.05, 0.1) is 6.61 Å². The third kappa shape index (κ3) is 5.10. The topological polar surface area (TPSA) is 24.5 Å². The molecule has 1 aromatic rings. The Morgan fingerprint density at radius 1 is 1.29 bits per heavy atom. The molecule has 2 rings (SSSR count). The van der Waals surface area contributed by atoms with Gasteiger partial charge in [-0.1, -0.05) is 38.1 Å². The fourth-order valence-electron chi connectivity index (χ4n) is 3.02. The molecule has 21 heavy (non-hydrogen) atoms. The average molecular weight is 290 g/mol. The van der Waals surface area contributed by atoms with Crippen molar-refractivity contribution in [2.75, 3.05) is 33.4 Å². The molecule has 1 aromatic carbocycles. The zero-order chi connectivity index (χ0) is 15.1. The van der Waals surface area contributed by atoms with E-state index in [1.807, 2.05) is 0 Å². The zero-order valence-electron chi connectivity index (χ0n) is 13.8. The van der Waals surface area contributed by atoms with E-state index >= 15 is 0 Å². The molecule has 0 radical (unpaired) electrons. The maximum absolute atomic E-state index is 5.08. The second kappa shape index (κ2) is 8.52. The maximum atomic E-state index is 5.08. The van der Waals surface area contributed by atoms with Crippen molar-refractivity contribution in [1.29, 1.82) is 0 Å². The number of hydrogen-bond acceptors (Lipinski definition) is 3. The minimum atomic E-state index is 0.614. The number of benzene rings is 1. The summed E-state index contributed by atoms with van der Waals surface area (Å²) in [6.07, 6.45) is 2.63. The van der Waals surface area contributed by atoms with Crippen LogP contribution < -0.4 is 5.32 Å². The van der Waals surface area contributed by atoms with Crippen molar-refractivity contribution in [2.45, 2.75) is 45.2 Å². The van der Waals surface area contributed by atoms with Crippen molar-refractivity contribution >= 4 is 0 Å². The van der Waals surface area contributed by atoms with Crippen LogP contribution in [0.25, 0.3) is 0 Å². The Labute approximate surface area is 129 Å². The molecule has 0 aromatic heterocycles. The Kier molecular flexibility index (Phi) is 6.68. The lowest BCUT2D eigenvalue weighted by Crippen LogP contribution is -2.38. The molecule has 1 N–H and O–H groups in total. The number of ether oxygens (including phenoxy) is 1. The van der Waals surface area contributed by atoms with Gasteiger partial charge < -0.3 is 10.1 Å². The highest BCUT2D eigenvalue weighted by Gasteiger charge is 2.23. The summed E-state index contributed by atoms with van der Waals surface area (Å²) in [5.74, 6) is 0.614. The molecule has 1 unspecified atom stereocenters. The molecule has 0 saturated carbocycles. The highest BCUT2D eigenvalue weighted by Crippen LogP contribution is 2.21. The molecule has 1 heterocycles. The Hall–Kier alpha value is -0.900. The van der Waals surface area contributed by atoms with Gasteiger partial charge in [0, 0.05) is 32.8 Å². The Morgan fingerprint density at radius 2 is 2.05 bits per heavy atom. The average Bonchev–Trinajstić information content (AvgIpc) is 2.91. The van der Waals surface area contributed by atoms with Crippen LogP contribution in [0.5, 0.6) is 0 Å². The Morgan fingerprint density at radius 3 is 2.71 bits per heavy atom. The maximum Gasteiger partial charge on any atom is 0.0587 e. The van der Waals surface area contributed by atoms with Crippen LogP contribution in [0, 0.1) is 0 Å². The van der Waals surface area contributed by atoms with Gasteiger partial charge in [-0.15, -0.1) is 0 Å². The third-order valence-electron chi connectivity index (χ3n) is 4.39. The zero-order valence-corrected chi connectivity index (χ0v) is 13.8. The fraction of sp³-hybridized carbons (Fsp3) is 0.667. The number of methoxy groups -OCH3 is 1. The van der Waals surface area contributed by atoms with Gasteiger partial charge in [-0.2, -0.15) is 0 Å². The quantitative estimate of drug-likeness (QED) is 0.745. The first kappa shape index (κ1) is 16.5. The van der Waals surface area contributed by atoms with E-state index in [9.17, 15) is 0 Å². The number of nitrogens with one attached hydrogen (secondary N) is 1. The molecule has 3 heteroatoms. The molecule has 1 fully saturated rings. The number of likely N-dealkylation sites (tertiary alicyclic amines) is 1. The van der Waals surface area contributed by atoms with Gasteiger partial charge in [0.2, 0.25) is 0 Å². The van der Waals surface area contributed by atoms with Crippen LogP contribution in [0.2, 0.25) is 0 Å². The molecule has 1 aliphatic rings. The van der Waals surface area contributed by atoms with Crippen molar-refractivity contribution in [3.8, 4) is 0 Å². The molecule has 0 bridgehead atoms. The van der Waals surface area contributed by atoms with Gasteiger partial charge >= 0.3 is 0 Å². The van der Waals surface area contributed by atoms with Gasteiger partial charge in [0.1, 0.15) is 0 Å². The lowest BCUT2D eigenvalue weighted by atomic mass is 10.0. The number of nitrogens with zero attached hydrogens (tertiary/aromatic N) is 1. The van der Waals surface area contributed by atoms with E-state index in [1.165, 1.54) is 30.5 Å². The molecule has 0 spiro atoms. The SMILES string of the molecule is COCCNCC1CCCN1Cc1ccc(C(C)C)cc1. The Balaban J connectivity index is 1.82. The van der Waals surface area contributed by atoms with E-state index in [2.05, 4.69) is 48.3 Å². The van der Waals surface area contributed by atoms with Crippen LogP contribution in [0.15, 0.2) is 24.3 Å². The van der Waals surface area contributed by atoms with Crippen molar-refractivity contribution in [3.05, 3.63) is 35.4 Å². The lowest BCUT2D eigenvalue weighted by molar-refractivity contribution is 0.191. The summed E-state index contributed by atoms with van der Waals surface area (Å²) in [7, 11) is 1.75.